The van der Waals surface area contributed by atoms with E-state index in [-0.39, 0.29) is 28.5 Å². The maximum atomic E-state index is 8.89. The molecule has 0 fully saturated rings. The fourth-order valence-corrected chi connectivity index (χ4v) is 0. The van der Waals surface area contributed by atoms with Gasteiger partial charge in [0.15, 0.2) is 0 Å². The first-order valence-electron chi connectivity index (χ1n) is 0.908. The van der Waals surface area contributed by atoms with Crippen molar-refractivity contribution < 1.29 is 32.3 Å². The Morgan fingerprint density at radius 2 is 1.67 bits per heavy atom. The van der Waals surface area contributed by atoms with Gasteiger partial charge in [-0.15, -0.1) is 0 Å². The van der Waals surface area contributed by atoms with E-state index >= 15 is 0 Å². The Morgan fingerprint density at radius 1 is 1.67 bits per heavy atom. The molecule has 4 N–H and O–H groups in total. The summed E-state index contributed by atoms with van der Waals surface area (Å²) in [5.74, 6) is -1.08. The van der Waals surface area contributed by atoms with E-state index in [1.807, 2.05) is 0 Å². The normalized spacial score (nSPS) is 4.17. The van der Waals surface area contributed by atoms with Crippen LogP contribution in [0.5, 0.6) is 0 Å². The summed E-state index contributed by atoms with van der Waals surface area (Å²) >= 11 is 0. The second kappa shape index (κ2) is 8.95. The van der Waals surface area contributed by atoms with Crippen LogP contribution in [0.4, 0.5) is 0 Å². The van der Waals surface area contributed by atoms with Crippen molar-refractivity contribution in [1.82, 2.24) is 6.15 Å². The van der Waals surface area contributed by atoms with Gasteiger partial charge in [-0.05, 0) is 6.92 Å². The molecule has 0 amide bonds. The minimum absolute atomic E-state index is 0. The van der Waals surface area contributed by atoms with Crippen LogP contribution in [-0.4, -0.2) is 5.97 Å². The molecule has 0 atom stereocenters. The number of carbonyl (C=O) groups is 1. The average Bonchev–Trinajstić information content (AvgIpc) is 0.811. The van der Waals surface area contributed by atoms with Gasteiger partial charge in [-0.25, -0.2) is 0 Å². The largest absolute Gasteiger partial charge is 0.550 e. The number of hydrogen-bond donors (Lipinski definition) is 1. The Hall–Kier alpha value is 0.170. The van der Waals surface area contributed by atoms with Crippen molar-refractivity contribution in [3.63, 3.8) is 0 Å². The number of carboxylic acids is 1. The molecule has 0 aromatic carbocycles. The Bertz CT molecular complexity index is 34.5. The van der Waals surface area contributed by atoms with Gasteiger partial charge in [-0.2, -0.15) is 0 Å². The fraction of sp³-hybridized carbons (Fsp3) is 0.500. The monoisotopic (exact) mass is 170 g/mol. The van der Waals surface area contributed by atoms with Gasteiger partial charge in [0.25, 0.3) is 0 Å². The molecule has 0 saturated heterocycles. The fourth-order valence-electron chi connectivity index (χ4n) is 0. The van der Waals surface area contributed by atoms with Crippen LogP contribution < -0.4 is 11.3 Å². The molecule has 0 unspecified atom stereocenters. The Morgan fingerprint density at radius 3 is 1.67 bits per heavy atom. The summed E-state index contributed by atoms with van der Waals surface area (Å²) in [6.45, 7) is 0.972. The van der Waals surface area contributed by atoms with E-state index in [4.69, 9.17) is 9.90 Å². The van der Waals surface area contributed by atoms with Crippen LogP contribution in [-0.2, 0) is 27.2 Å². The molecule has 0 rings (SSSR count). The van der Waals surface area contributed by atoms with Gasteiger partial charge in [-0.1, -0.05) is 0 Å². The van der Waals surface area contributed by atoms with Crippen LogP contribution in [0.15, 0.2) is 0 Å². The summed E-state index contributed by atoms with van der Waals surface area (Å²) in [5.41, 5.74) is 0. The van der Waals surface area contributed by atoms with Gasteiger partial charge in [0.1, 0.15) is 0 Å². The molecule has 0 heterocycles. The Balaban J connectivity index is -0.0000000450. The quantitative estimate of drug-likeness (QED) is 0.479. The molecular formula is C2H7NNbO2. The first-order valence-corrected chi connectivity index (χ1v) is 0.908. The van der Waals surface area contributed by atoms with Gasteiger partial charge in [0.2, 0.25) is 0 Å². The summed E-state index contributed by atoms with van der Waals surface area (Å²) in [4.78, 5) is 8.89. The van der Waals surface area contributed by atoms with Gasteiger partial charge < -0.3 is 16.1 Å². The maximum Gasteiger partial charge on any atom is 0.0383 e. The van der Waals surface area contributed by atoms with Crippen LogP contribution in [0, 0.1) is 0 Å². The van der Waals surface area contributed by atoms with Gasteiger partial charge in [0, 0.05) is 28.3 Å². The van der Waals surface area contributed by atoms with Crippen molar-refractivity contribution in [2.75, 3.05) is 0 Å². The molecule has 0 saturated carbocycles. The molecule has 3 nitrogen and oxygen atoms in total. The van der Waals surface area contributed by atoms with Crippen LogP contribution in [0.2, 0.25) is 0 Å². The standard InChI is InChI=1S/C2H4O2.H3N.Nb/c1-2(3)4;;/h1H3,(H,3,4);1H3;. The molecule has 0 aliphatic rings. The third-order valence-corrected chi connectivity index (χ3v) is 0. The molecule has 6 heavy (non-hydrogen) atoms. The summed E-state index contributed by atoms with van der Waals surface area (Å²) in [6, 6.07) is 0. The Kier molecular flexibility index (Phi) is 24.5. The van der Waals surface area contributed by atoms with E-state index in [1.165, 1.54) is 0 Å². The van der Waals surface area contributed by atoms with Crippen molar-refractivity contribution in [3.05, 3.63) is 0 Å². The first-order chi connectivity index (χ1) is 1.73. The molecule has 37 valence electrons. The number of carboxylic acid groups (broad SMARTS) is 1. The van der Waals surface area contributed by atoms with Crippen molar-refractivity contribution >= 4 is 5.97 Å². The molecule has 0 aromatic heterocycles. The van der Waals surface area contributed by atoms with Crippen molar-refractivity contribution in [2.45, 2.75) is 6.92 Å². The van der Waals surface area contributed by atoms with E-state index in [0.717, 1.165) is 6.92 Å². The van der Waals surface area contributed by atoms with Crippen molar-refractivity contribution in [3.8, 4) is 0 Å². The summed E-state index contributed by atoms with van der Waals surface area (Å²) in [5, 5.41) is 8.89. The molecule has 0 aliphatic carbocycles. The van der Waals surface area contributed by atoms with Crippen LogP contribution in [0.1, 0.15) is 6.92 Å². The summed E-state index contributed by atoms with van der Waals surface area (Å²) < 4.78 is 0. The van der Waals surface area contributed by atoms with E-state index < -0.39 is 5.97 Å². The van der Waals surface area contributed by atoms with Crippen LogP contribution in [0.25, 0.3) is 0 Å². The summed E-state index contributed by atoms with van der Waals surface area (Å²) in [6.07, 6.45) is 0. The Labute approximate surface area is 51.8 Å². The van der Waals surface area contributed by atoms with Gasteiger partial charge >= 0.3 is 0 Å². The van der Waals surface area contributed by atoms with E-state index in [2.05, 4.69) is 0 Å². The van der Waals surface area contributed by atoms with E-state index in [9.17, 15) is 0 Å². The van der Waals surface area contributed by atoms with Gasteiger partial charge in [-0.3, -0.25) is 0 Å². The zero-order valence-electron chi connectivity index (χ0n) is 3.76. The smallest absolute Gasteiger partial charge is 0.0383 e. The van der Waals surface area contributed by atoms with Crippen LogP contribution in [0.3, 0.4) is 0 Å². The number of quaternary nitrogens is 1. The molecule has 4 heteroatoms. The number of rotatable bonds is 0. The zero-order valence-corrected chi connectivity index (χ0v) is 5.96. The summed E-state index contributed by atoms with van der Waals surface area (Å²) in [7, 11) is 0. The third-order valence-electron chi connectivity index (χ3n) is 0. The molecule has 0 aliphatic heterocycles. The number of aliphatic carboxylic acids is 1. The molecule has 0 aromatic rings. The third kappa shape index (κ3) is 1450. The minimum Gasteiger partial charge on any atom is -0.550 e. The number of hydrogen-bond acceptors (Lipinski definition) is 2. The zero-order chi connectivity index (χ0) is 3.58. The average molecular weight is 170 g/mol. The second-order valence-electron chi connectivity index (χ2n) is 0.492. The van der Waals surface area contributed by atoms with Crippen LogP contribution >= 0.6 is 0 Å². The van der Waals surface area contributed by atoms with E-state index in [0.29, 0.717) is 0 Å². The first kappa shape index (κ1) is 16.4. The second-order valence-corrected chi connectivity index (χ2v) is 0.492. The minimum atomic E-state index is -1.08. The predicted octanol–water partition coefficient (Wildman–Crippen LogP) is -0.870. The molecule has 1 radical (unpaired) electrons. The maximum absolute atomic E-state index is 8.89. The molecular weight excluding hydrogens is 163 g/mol. The number of carbonyl (C=O) groups excluding carboxylic acids is 1. The SMILES string of the molecule is CC(=O)[O-].[NH4+].[Nb]. The molecule has 0 spiro atoms. The van der Waals surface area contributed by atoms with Crippen molar-refractivity contribution in [1.29, 1.82) is 0 Å². The van der Waals surface area contributed by atoms with Crippen molar-refractivity contribution in [2.24, 2.45) is 0 Å². The topological polar surface area (TPSA) is 76.6 Å². The predicted molar refractivity (Wildman–Crippen MR) is 16.7 cm³/mol. The van der Waals surface area contributed by atoms with Gasteiger partial charge in [0.05, 0.1) is 0 Å². The molecule has 0 bridgehead atoms. The van der Waals surface area contributed by atoms with E-state index in [1.54, 1.807) is 0 Å².